The second-order valence-corrected chi connectivity index (χ2v) is 8.04. The van der Waals surface area contributed by atoms with E-state index in [1.807, 2.05) is 0 Å². The highest BCUT2D eigenvalue weighted by Crippen LogP contribution is 2.22. The van der Waals surface area contributed by atoms with E-state index >= 15 is 0 Å². The summed E-state index contributed by atoms with van der Waals surface area (Å²) >= 11 is 0. The van der Waals surface area contributed by atoms with Crippen LogP contribution in [0.4, 0.5) is 0 Å². The quantitative estimate of drug-likeness (QED) is 0.712. The van der Waals surface area contributed by atoms with Crippen LogP contribution in [0.1, 0.15) is 66.2 Å². The Hall–Kier alpha value is -0.120. The maximum Gasteiger partial charge on any atom is 0.0603 e. The van der Waals surface area contributed by atoms with Crippen molar-refractivity contribution in [2.45, 2.75) is 84.5 Å². The first-order valence-electron chi connectivity index (χ1n) is 9.66. The normalized spacial score (nSPS) is 23.7. The van der Waals surface area contributed by atoms with Crippen molar-refractivity contribution in [2.75, 3.05) is 32.7 Å². The lowest BCUT2D eigenvalue weighted by Gasteiger charge is -2.38. The number of piperidine rings is 2. The highest BCUT2D eigenvalue weighted by atomic mass is 16.5. The average Bonchev–Trinajstić information content (AvgIpc) is 2.49. The van der Waals surface area contributed by atoms with Gasteiger partial charge in [-0.05, 0) is 64.8 Å². The monoisotopic (exact) mass is 310 g/mol. The van der Waals surface area contributed by atoms with Gasteiger partial charge in [0.15, 0.2) is 0 Å². The smallest absolute Gasteiger partial charge is 0.0603 e. The van der Waals surface area contributed by atoms with Crippen molar-refractivity contribution in [3.8, 4) is 0 Å². The SMILES string of the molecule is CC(C)CCCN1CCC(OC2CCN(C(C)C)CC2)CC1. The molecule has 130 valence electrons. The zero-order valence-electron chi connectivity index (χ0n) is 15.4. The Morgan fingerprint density at radius 2 is 1.41 bits per heavy atom. The minimum absolute atomic E-state index is 0.521. The maximum atomic E-state index is 6.40. The molecule has 2 rings (SSSR count). The van der Waals surface area contributed by atoms with Gasteiger partial charge in [-0.2, -0.15) is 0 Å². The number of nitrogens with zero attached hydrogens (tertiary/aromatic N) is 2. The van der Waals surface area contributed by atoms with Crippen LogP contribution in [0, 0.1) is 5.92 Å². The molecule has 3 heteroatoms. The highest BCUT2D eigenvalue weighted by Gasteiger charge is 2.26. The summed E-state index contributed by atoms with van der Waals surface area (Å²) in [7, 11) is 0. The summed E-state index contributed by atoms with van der Waals surface area (Å²) < 4.78 is 6.40. The van der Waals surface area contributed by atoms with E-state index in [-0.39, 0.29) is 0 Å². The number of hydrogen-bond acceptors (Lipinski definition) is 3. The average molecular weight is 311 g/mol. The summed E-state index contributed by atoms with van der Waals surface area (Å²) in [5.41, 5.74) is 0. The molecule has 0 atom stereocenters. The second-order valence-electron chi connectivity index (χ2n) is 8.04. The van der Waals surface area contributed by atoms with E-state index in [0.29, 0.717) is 18.2 Å². The van der Waals surface area contributed by atoms with Gasteiger partial charge in [0.1, 0.15) is 0 Å². The van der Waals surface area contributed by atoms with Gasteiger partial charge in [0, 0.05) is 32.2 Å². The third-order valence-corrected chi connectivity index (χ3v) is 5.38. The summed E-state index contributed by atoms with van der Waals surface area (Å²) in [5, 5.41) is 0. The van der Waals surface area contributed by atoms with Gasteiger partial charge in [-0.3, -0.25) is 0 Å². The zero-order chi connectivity index (χ0) is 15.9. The van der Waals surface area contributed by atoms with Gasteiger partial charge in [-0.25, -0.2) is 0 Å². The van der Waals surface area contributed by atoms with Crippen LogP contribution in [-0.4, -0.2) is 60.8 Å². The van der Waals surface area contributed by atoms with E-state index < -0.39 is 0 Å². The molecular formula is C19H38N2O. The summed E-state index contributed by atoms with van der Waals surface area (Å²) in [6.07, 6.45) is 8.71. The molecule has 22 heavy (non-hydrogen) atoms. The lowest BCUT2D eigenvalue weighted by atomic mass is 10.0. The predicted octanol–water partition coefficient (Wildman–Crippen LogP) is 3.78. The van der Waals surface area contributed by atoms with Crippen molar-refractivity contribution in [3.63, 3.8) is 0 Å². The highest BCUT2D eigenvalue weighted by molar-refractivity contribution is 4.78. The largest absolute Gasteiger partial charge is 0.375 e. The lowest BCUT2D eigenvalue weighted by molar-refractivity contribution is -0.0675. The minimum Gasteiger partial charge on any atom is -0.375 e. The van der Waals surface area contributed by atoms with Crippen molar-refractivity contribution in [1.29, 1.82) is 0 Å². The first-order chi connectivity index (χ1) is 10.5. The van der Waals surface area contributed by atoms with E-state index in [0.717, 1.165) is 5.92 Å². The molecule has 0 N–H and O–H groups in total. The third-order valence-electron chi connectivity index (χ3n) is 5.38. The van der Waals surface area contributed by atoms with Gasteiger partial charge < -0.3 is 14.5 Å². The zero-order valence-corrected chi connectivity index (χ0v) is 15.4. The molecule has 3 nitrogen and oxygen atoms in total. The lowest BCUT2D eigenvalue weighted by Crippen LogP contribution is -2.44. The number of likely N-dealkylation sites (tertiary alicyclic amines) is 2. The standard InChI is InChI=1S/C19H38N2O/c1-16(2)6-5-11-20-12-7-18(8-13-20)22-19-9-14-21(15-10-19)17(3)4/h16-19H,5-15H2,1-4H3. The Bertz CT molecular complexity index is 290. The van der Waals surface area contributed by atoms with Gasteiger partial charge in [0.05, 0.1) is 12.2 Å². The molecule has 0 amide bonds. The predicted molar refractivity (Wildman–Crippen MR) is 94.4 cm³/mol. The first kappa shape index (κ1) is 18.2. The topological polar surface area (TPSA) is 15.7 Å². The van der Waals surface area contributed by atoms with Crippen molar-refractivity contribution in [1.82, 2.24) is 9.80 Å². The molecule has 0 aliphatic carbocycles. The van der Waals surface area contributed by atoms with Gasteiger partial charge in [-0.15, -0.1) is 0 Å². The van der Waals surface area contributed by atoms with Gasteiger partial charge in [-0.1, -0.05) is 13.8 Å². The summed E-state index contributed by atoms with van der Waals surface area (Å²) in [5.74, 6) is 0.845. The Morgan fingerprint density at radius 3 is 1.91 bits per heavy atom. The van der Waals surface area contributed by atoms with Crippen LogP contribution in [-0.2, 0) is 4.74 Å². The minimum atomic E-state index is 0.521. The Labute approximate surface area is 138 Å². The molecule has 0 aromatic rings. The number of rotatable bonds is 7. The van der Waals surface area contributed by atoms with Crippen LogP contribution >= 0.6 is 0 Å². The molecular weight excluding hydrogens is 272 g/mol. The fourth-order valence-corrected chi connectivity index (χ4v) is 3.79. The van der Waals surface area contributed by atoms with Crippen molar-refractivity contribution >= 4 is 0 Å². The second kappa shape index (κ2) is 9.24. The molecule has 2 aliphatic heterocycles. The molecule has 0 unspecified atom stereocenters. The number of hydrogen-bond donors (Lipinski definition) is 0. The Balaban J connectivity index is 1.58. The van der Waals surface area contributed by atoms with Crippen LogP contribution in [0.25, 0.3) is 0 Å². The molecule has 2 heterocycles. The van der Waals surface area contributed by atoms with E-state index in [9.17, 15) is 0 Å². The van der Waals surface area contributed by atoms with Crippen LogP contribution in [0.3, 0.4) is 0 Å². The number of ether oxygens (including phenoxy) is 1. The van der Waals surface area contributed by atoms with E-state index in [2.05, 4.69) is 37.5 Å². The first-order valence-corrected chi connectivity index (χ1v) is 9.66. The molecule has 2 fully saturated rings. The van der Waals surface area contributed by atoms with Crippen LogP contribution in [0.15, 0.2) is 0 Å². The molecule has 0 spiro atoms. The maximum absolute atomic E-state index is 6.40. The fraction of sp³-hybridized carbons (Fsp3) is 1.00. The molecule has 2 aliphatic rings. The van der Waals surface area contributed by atoms with E-state index in [1.54, 1.807) is 0 Å². The molecule has 0 bridgehead atoms. The summed E-state index contributed by atoms with van der Waals surface area (Å²) in [6.45, 7) is 15.5. The summed E-state index contributed by atoms with van der Waals surface area (Å²) in [4.78, 5) is 5.22. The molecule has 2 saturated heterocycles. The van der Waals surface area contributed by atoms with Crippen LogP contribution in [0.2, 0.25) is 0 Å². The Kier molecular flexibility index (Phi) is 7.66. The van der Waals surface area contributed by atoms with Gasteiger partial charge >= 0.3 is 0 Å². The molecule has 0 aromatic carbocycles. The Morgan fingerprint density at radius 1 is 0.864 bits per heavy atom. The fourth-order valence-electron chi connectivity index (χ4n) is 3.79. The van der Waals surface area contributed by atoms with Crippen molar-refractivity contribution in [2.24, 2.45) is 5.92 Å². The summed E-state index contributed by atoms with van der Waals surface area (Å²) in [6, 6.07) is 0.690. The van der Waals surface area contributed by atoms with Gasteiger partial charge in [0.2, 0.25) is 0 Å². The van der Waals surface area contributed by atoms with Crippen LogP contribution < -0.4 is 0 Å². The third kappa shape index (κ3) is 6.17. The van der Waals surface area contributed by atoms with Gasteiger partial charge in [0.25, 0.3) is 0 Å². The van der Waals surface area contributed by atoms with Crippen molar-refractivity contribution < 1.29 is 4.74 Å². The van der Waals surface area contributed by atoms with E-state index in [1.165, 1.54) is 71.2 Å². The molecule has 0 radical (unpaired) electrons. The van der Waals surface area contributed by atoms with Crippen LogP contribution in [0.5, 0.6) is 0 Å². The molecule has 0 saturated carbocycles. The van der Waals surface area contributed by atoms with E-state index in [4.69, 9.17) is 4.74 Å². The van der Waals surface area contributed by atoms with Crippen molar-refractivity contribution in [3.05, 3.63) is 0 Å². The molecule has 0 aromatic heterocycles.